The third kappa shape index (κ3) is 4.60. The number of allylic oxidation sites excluding steroid dienone is 2. The lowest BCUT2D eigenvalue weighted by Gasteiger charge is -2.36. The maximum atomic E-state index is 13.8. The van der Waals surface area contributed by atoms with Gasteiger partial charge in [-0.1, -0.05) is 110 Å². The van der Waals surface area contributed by atoms with Crippen LogP contribution in [0.15, 0.2) is 114 Å². The molecule has 4 aromatic rings. The van der Waals surface area contributed by atoms with E-state index in [4.69, 9.17) is 0 Å². The molecule has 4 atom stereocenters. The van der Waals surface area contributed by atoms with Crippen molar-refractivity contribution in [1.29, 1.82) is 0 Å². The first-order chi connectivity index (χ1) is 18.7. The smallest absolute Gasteiger partial charge is 0.136 e. The second-order valence-corrected chi connectivity index (χ2v) is 16.0. The largest absolute Gasteiger partial charge is 0.598 e. The molecule has 0 aromatic heterocycles. The molecule has 4 heteroatoms. The van der Waals surface area contributed by atoms with Gasteiger partial charge in [-0.15, -0.1) is 4.72 Å². The molecular formula is C35H36NOPS. The molecule has 0 amide bonds. The van der Waals surface area contributed by atoms with E-state index in [0.717, 1.165) is 6.16 Å². The molecule has 0 spiro atoms. The zero-order valence-corrected chi connectivity index (χ0v) is 25.1. The van der Waals surface area contributed by atoms with E-state index in [9.17, 15) is 4.55 Å². The highest BCUT2D eigenvalue weighted by molar-refractivity contribution is 7.90. The van der Waals surface area contributed by atoms with Crippen LogP contribution in [0.25, 0.3) is 21.7 Å². The Hall–Kier alpha value is -2.68. The van der Waals surface area contributed by atoms with Crippen molar-refractivity contribution in [3.63, 3.8) is 0 Å². The van der Waals surface area contributed by atoms with Crippen molar-refractivity contribution in [2.24, 2.45) is 5.41 Å². The van der Waals surface area contributed by atoms with E-state index >= 15 is 0 Å². The van der Waals surface area contributed by atoms with Crippen LogP contribution in [0.2, 0.25) is 0 Å². The molecular weight excluding hydrogens is 513 g/mol. The lowest BCUT2D eigenvalue weighted by molar-refractivity contribution is 0.536. The summed E-state index contributed by atoms with van der Waals surface area (Å²) in [5.74, 6) is 0. The van der Waals surface area contributed by atoms with Gasteiger partial charge in [0, 0.05) is 16.8 Å². The van der Waals surface area contributed by atoms with E-state index in [-0.39, 0.29) is 16.2 Å². The van der Waals surface area contributed by atoms with Crippen molar-refractivity contribution in [3.8, 4) is 0 Å². The average molecular weight is 550 g/mol. The third-order valence-corrected chi connectivity index (χ3v) is 13.0. The molecule has 198 valence electrons. The number of nitrogens with one attached hydrogen (secondary N) is 1. The quantitative estimate of drug-likeness (QED) is 0.192. The molecule has 39 heavy (non-hydrogen) atoms. The average Bonchev–Trinajstić information content (AvgIpc) is 3.39. The van der Waals surface area contributed by atoms with Gasteiger partial charge in [-0.2, -0.15) is 0 Å². The summed E-state index contributed by atoms with van der Waals surface area (Å²) < 4.78 is 17.1. The van der Waals surface area contributed by atoms with Gasteiger partial charge >= 0.3 is 0 Å². The number of fused-ring (bicyclic) bond motifs is 3. The zero-order chi connectivity index (χ0) is 27.4. The van der Waals surface area contributed by atoms with Gasteiger partial charge in [0.15, 0.2) is 0 Å². The highest BCUT2D eigenvalue weighted by atomic mass is 32.2. The van der Waals surface area contributed by atoms with Crippen LogP contribution in [-0.2, 0) is 11.4 Å². The molecule has 2 bridgehead atoms. The Labute approximate surface area is 237 Å². The molecule has 1 unspecified atom stereocenters. The monoisotopic (exact) mass is 549 g/mol. The van der Waals surface area contributed by atoms with Crippen molar-refractivity contribution in [2.45, 2.75) is 45.4 Å². The van der Waals surface area contributed by atoms with Crippen LogP contribution in [0.1, 0.15) is 57.4 Å². The summed E-state index contributed by atoms with van der Waals surface area (Å²) in [6.45, 7) is 10.9. The van der Waals surface area contributed by atoms with Gasteiger partial charge in [0.1, 0.15) is 10.8 Å². The van der Waals surface area contributed by atoms with Gasteiger partial charge < -0.3 is 4.55 Å². The summed E-state index contributed by atoms with van der Waals surface area (Å²) in [6, 6.07) is 36.9. The predicted molar refractivity (Wildman–Crippen MR) is 170 cm³/mol. The van der Waals surface area contributed by atoms with Gasteiger partial charge in [-0.25, -0.2) is 0 Å². The van der Waals surface area contributed by atoms with Crippen molar-refractivity contribution < 1.29 is 4.55 Å². The highest BCUT2D eigenvalue weighted by Crippen LogP contribution is 2.79. The molecule has 2 aliphatic rings. The summed E-state index contributed by atoms with van der Waals surface area (Å²) in [5.41, 5.74) is 6.62. The van der Waals surface area contributed by atoms with Crippen molar-refractivity contribution in [2.75, 3.05) is 6.16 Å². The van der Waals surface area contributed by atoms with Crippen LogP contribution in [0, 0.1) is 5.41 Å². The fourth-order valence-corrected chi connectivity index (χ4v) is 10.9. The minimum absolute atomic E-state index is 0.0619. The van der Waals surface area contributed by atoms with Gasteiger partial charge in [0.25, 0.3) is 0 Å². The Kier molecular flexibility index (Phi) is 6.84. The predicted octanol–water partition coefficient (Wildman–Crippen LogP) is 9.29. The van der Waals surface area contributed by atoms with Crippen LogP contribution in [0.5, 0.6) is 0 Å². The van der Waals surface area contributed by atoms with Crippen molar-refractivity contribution >= 4 is 40.9 Å². The number of hydrogen-bond acceptors (Lipinski definition) is 2. The molecule has 0 fully saturated rings. The van der Waals surface area contributed by atoms with Gasteiger partial charge in [-0.3, -0.25) is 0 Å². The fourth-order valence-electron chi connectivity index (χ4n) is 6.16. The summed E-state index contributed by atoms with van der Waals surface area (Å²) >= 11 is -1.24. The normalized spacial score (nSPS) is 22.6. The first-order valence-electron chi connectivity index (χ1n) is 13.7. The van der Waals surface area contributed by atoms with E-state index in [1.165, 1.54) is 49.2 Å². The van der Waals surface area contributed by atoms with E-state index in [1.807, 2.05) is 20.8 Å². The summed E-state index contributed by atoms with van der Waals surface area (Å²) in [5, 5.41) is 5.36. The standard InChI is InChI=1S/C35H36NOPS/c1-24-32(27-17-10-7-11-18-27)38-23-35(24,5)30(26-15-8-6-9-16-26)33(38)31(36-39(37)34(2,3)4)29-21-20-25-14-12-13-19-28(25)22-29/h6-22,31,36H,23H2,1-5H3/t31-,35-,38+,39?/m1/s1. The second kappa shape index (κ2) is 10.1. The molecule has 0 aliphatic carbocycles. The minimum atomic E-state index is -1.24. The molecule has 1 N–H and O–H groups in total. The first kappa shape index (κ1) is 26.5. The Morgan fingerprint density at radius 2 is 1.41 bits per heavy atom. The van der Waals surface area contributed by atoms with Gasteiger partial charge in [-0.05, 0) is 91.5 Å². The Morgan fingerprint density at radius 3 is 2.05 bits per heavy atom. The molecule has 2 heterocycles. The molecule has 0 saturated carbocycles. The second-order valence-electron chi connectivity index (χ2n) is 11.9. The fraction of sp³-hybridized carbons (Fsp3) is 0.257. The van der Waals surface area contributed by atoms with E-state index in [0.29, 0.717) is 0 Å². The van der Waals surface area contributed by atoms with Gasteiger partial charge in [0.05, 0.1) is 0 Å². The lowest BCUT2D eigenvalue weighted by Crippen LogP contribution is -2.41. The summed E-state index contributed by atoms with van der Waals surface area (Å²) in [6.07, 6.45) is 1.10. The molecule has 0 saturated heterocycles. The zero-order valence-electron chi connectivity index (χ0n) is 23.4. The van der Waals surface area contributed by atoms with Crippen LogP contribution < -0.4 is 4.72 Å². The van der Waals surface area contributed by atoms with Crippen LogP contribution in [0.3, 0.4) is 0 Å². The summed E-state index contributed by atoms with van der Waals surface area (Å²) in [4.78, 5) is 0. The number of benzene rings is 4. The Balaban J connectivity index is 1.60. The Morgan fingerprint density at radius 1 is 0.821 bits per heavy atom. The summed E-state index contributed by atoms with van der Waals surface area (Å²) in [7, 11) is -0.633. The molecule has 0 radical (unpaired) electrons. The van der Waals surface area contributed by atoms with E-state index in [1.54, 1.807) is 0 Å². The molecule has 2 nitrogen and oxygen atoms in total. The molecule has 2 aliphatic heterocycles. The van der Waals surface area contributed by atoms with E-state index in [2.05, 4.69) is 122 Å². The van der Waals surface area contributed by atoms with Crippen molar-refractivity contribution in [1.82, 2.24) is 4.72 Å². The first-order valence-corrected chi connectivity index (χ1v) is 16.4. The number of hydrogen-bond donors (Lipinski definition) is 1. The van der Waals surface area contributed by atoms with Crippen molar-refractivity contribution in [3.05, 3.63) is 131 Å². The maximum absolute atomic E-state index is 13.8. The molecule has 6 rings (SSSR count). The van der Waals surface area contributed by atoms with Crippen LogP contribution in [-0.4, -0.2) is 15.5 Å². The van der Waals surface area contributed by atoms with Gasteiger partial charge in [0.2, 0.25) is 0 Å². The topological polar surface area (TPSA) is 35.1 Å². The van der Waals surface area contributed by atoms with Crippen LogP contribution in [0.4, 0.5) is 0 Å². The SMILES string of the molecule is CC1=C(c2ccccc2)[P@]2C[C@@]1(C)C(c1ccccc1)=C2[C@H](N[S+]([O-])C(C)(C)C)c1ccc2ccccc2c1. The minimum Gasteiger partial charge on any atom is -0.598 e. The lowest BCUT2D eigenvalue weighted by atomic mass is 9.73. The van der Waals surface area contributed by atoms with Crippen LogP contribution >= 0.6 is 7.92 Å². The maximum Gasteiger partial charge on any atom is 0.136 e. The number of rotatable bonds is 6. The van der Waals surface area contributed by atoms with E-state index < -0.39 is 19.3 Å². The Bertz CT molecular complexity index is 1590. The third-order valence-electron chi connectivity index (χ3n) is 8.30. The highest BCUT2D eigenvalue weighted by Gasteiger charge is 2.54. The molecule has 4 aromatic carbocycles.